The van der Waals surface area contributed by atoms with E-state index in [1.54, 1.807) is 0 Å². The summed E-state index contributed by atoms with van der Waals surface area (Å²) in [4.78, 5) is 3.96. The van der Waals surface area contributed by atoms with E-state index in [1.807, 2.05) is 18.4 Å². The van der Waals surface area contributed by atoms with Crippen molar-refractivity contribution in [3.05, 3.63) is 22.4 Å². The molecule has 1 aliphatic heterocycles. The first-order valence-corrected chi connectivity index (χ1v) is 7.21. The molecular weight excluding hydrogens is 232 g/mol. The molecule has 17 heavy (non-hydrogen) atoms. The van der Waals surface area contributed by atoms with Crippen LogP contribution in [-0.4, -0.2) is 44.3 Å². The summed E-state index contributed by atoms with van der Waals surface area (Å²) in [5.74, 6) is 0.625. The Kier molecular flexibility index (Phi) is 4.98. The minimum atomic E-state index is 0.521. The fourth-order valence-electron chi connectivity index (χ4n) is 2.36. The number of likely N-dealkylation sites (N-methyl/N-ethyl adjacent to an activating group) is 1. The lowest BCUT2D eigenvalue weighted by Crippen LogP contribution is -2.39. The van der Waals surface area contributed by atoms with E-state index in [4.69, 9.17) is 4.74 Å². The Morgan fingerprint density at radius 3 is 3.06 bits per heavy atom. The fraction of sp³-hybridized carbons (Fsp3) is 0.692. The van der Waals surface area contributed by atoms with Gasteiger partial charge in [-0.1, -0.05) is 13.0 Å². The molecular formula is C13H22N2OS. The lowest BCUT2D eigenvalue weighted by molar-refractivity contribution is 0.167. The summed E-state index contributed by atoms with van der Waals surface area (Å²) >= 11 is 1.84. The van der Waals surface area contributed by atoms with E-state index in [1.165, 1.54) is 4.88 Å². The number of hydrogen-bond acceptors (Lipinski definition) is 4. The number of thiophene rings is 1. The maximum absolute atomic E-state index is 5.55. The average Bonchev–Trinajstić information content (AvgIpc) is 2.99. The van der Waals surface area contributed by atoms with Gasteiger partial charge >= 0.3 is 0 Å². The Morgan fingerprint density at radius 1 is 1.53 bits per heavy atom. The van der Waals surface area contributed by atoms with Crippen LogP contribution in [0.4, 0.5) is 0 Å². The monoisotopic (exact) mass is 254 g/mol. The molecule has 96 valence electrons. The van der Waals surface area contributed by atoms with Gasteiger partial charge in [0.2, 0.25) is 0 Å². The van der Waals surface area contributed by atoms with Crippen molar-refractivity contribution in [3.8, 4) is 0 Å². The van der Waals surface area contributed by atoms with Gasteiger partial charge in [0.25, 0.3) is 0 Å². The van der Waals surface area contributed by atoms with Crippen molar-refractivity contribution in [3.63, 3.8) is 0 Å². The van der Waals surface area contributed by atoms with Crippen LogP contribution in [-0.2, 0) is 11.3 Å². The lowest BCUT2D eigenvalue weighted by Gasteiger charge is -2.25. The van der Waals surface area contributed by atoms with Crippen molar-refractivity contribution in [1.82, 2.24) is 10.2 Å². The van der Waals surface area contributed by atoms with Gasteiger partial charge in [0.05, 0.1) is 13.2 Å². The molecule has 0 saturated carbocycles. The molecule has 2 atom stereocenters. The van der Waals surface area contributed by atoms with Crippen LogP contribution in [0, 0.1) is 5.92 Å². The van der Waals surface area contributed by atoms with Crippen molar-refractivity contribution < 1.29 is 4.74 Å². The van der Waals surface area contributed by atoms with E-state index < -0.39 is 0 Å². The molecule has 2 unspecified atom stereocenters. The van der Waals surface area contributed by atoms with E-state index in [0.717, 1.165) is 32.8 Å². The predicted molar refractivity (Wildman–Crippen MR) is 72.4 cm³/mol. The quantitative estimate of drug-likeness (QED) is 0.838. The summed E-state index contributed by atoms with van der Waals surface area (Å²) in [7, 11) is 2.03. The minimum Gasteiger partial charge on any atom is -0.379 e. The van der Waals surface area contributed by atoms with Crippen molar-refractivity contribution in [2.45, 2.75) is 19.5 Å². The van der Waals surface area contributed by atoms with E-state index in [0.29, 0.717) is 12.0 Å². The standard InChI is InChI=1S/C13H22N2OS/c1-3-15(8-12-5-4-6-17-12)7-11-9-16-10-13(11)14-2/h4-6,11,13-14H,3,7-10H2,1-2H3. The molecule has 3 nitrogen and oxygen atoms in total. The van der Waals surface area contributed by atoms with Crippen LogP contribution < -0.4 is 5.32 Å². The van der Waals surface area contributed by atoms with Gasteiger partial charge in [-0.15, -0.1) is 11.3 Å². The zero-order valence-corrected chi connectivity index (χ0v) is 11.5. The van der Waals surface area contributed by atoms with Crippen molar-refractivity contribution in [2.75, 3.05) is 33.4 Å². The van der Waals surface area contributed by atoms with E-state index in [-0.39, 0.29) is 0 Å². The Balaban J connectivity index is 1.86. The highest BCUT2D eigenvalue weighted by molar-refractivity contribution is 7.09. The third kappa shape index (κ3) is 3.52. The second kappa shape index (κ2) is 6.50. The predicted octanol–water partition coefficient (Wildman–Crippen LogP) is 1.80. The summed E-state index contributed by atoms with van der Waals surface area (Å²) in [6.07, 6.45) is 0. The molecule has 1 N–H and O–H groups in total. The molecule has 1 fully saturated rings. The summed E-state index contributed by atoms with van der Waals surface area (Å²) in [5.41, 5.74) is 0. The summed E-state index contributed by atoms with van der Waals surface area (Å²) in [5, 5.41) is 5.50. The molecule has 0 spiro atoms. The van der Waals surface area contributed by atoms with Gasteiger partial charge in [0, 0.05) is 29.9 Å². The average molecular weight is 254 g/mol. The Labute approximate surface area is 108 Å². The highest BCUT2D eigenvalue weighted by Gasteiger charge is 2.28. The molecule has 2 heterocycles. The second-order valence-electron chi connectivity index (χ2n) is 4.60. The molecule has 0 aromatic carbocycles. The third-order valence-corrected chi connectivity index (χ3v) is 4.33. The molecule has 1 aromatic rings. The smallest absolute Gasteiger partial charge is 0.0623 e. The van der Waals surface area contributed by atoms with Gasteiger partial charge < -0.3 is 10.1 Å². The fourth-order valence-corrected chi connectivity index (χ4v) is 3.10. The number of hydrogen-bond donors (Lipinski definition) is 1. The van der Waals surface area contributed by atoms with Crippen molar-refractivity contribution in [1.29, 1.82) is 0 Å². The Bertz CT molecular complexity index is 315. The molecule has 4 heteroatoms. The number of ether oxygens (including phenoxy) is 1. The van der Waals surface area contributed by atoms with Crippen LogP contribution >= 0.6 is 11.3 Å². The first-order chi connectivity index (χ1) is 8.33. The van der Waals surface area contributed by atoms with E-state index in [2.05, 4.69) is 34.7 Å². The SMILES string of the molecule is CCN(Cc1cccs1)CC1COCC1NC. The summed E-state index contributed by atoms with van der Waals surface area (Å²) in [6.45, 7) is 7.29. The van der Waals surface area contributed by atoms with Gasteiger partial charge in [0.1, 0.15) is 0 Å². The largest absolute Gasteiger partial charge is 0.379 e. The highest BCUT2D eigenvalue weighted by atomic mass is 32.1. The van der Waals surface area contributed by atoms with Gasteiger partial charge in [-0.3, -0.25) is 4.90 Å². The maximum Gasteiger partial charge on any atom is 0.0623 e. The Hall–Kier alpha value is -0.420. The molecule has 0 radical (unpaired) electrons. The number of rotatable bonds is 6. The van der Waals surface area contributed by atoms with Crippen LogP contribution in [0.3, 0.4) is 0 Å². The summed E-state index contributed by atoms with van der Waals surface area (Å²) < 4.78 is 5.55. The molecule has 0 aliphatic carbocycles. The third-order valence-electron chi connectivity index (χ3n) is 3.47. The Morgan fingerprint density at radius 2 is 2.41 bits per heavy atom. The van der Waals surface area contributed by atoms with Gasteiger partial charge in [0.15, 0.2) is 0 Å². The number of nitrogens with zero attached hydrogens (tertiary/aromatic N) is 1. The minimum absolute atomic E-state index is 0.521. The van der Waals surface area contributed by atoms with Crippen LogP contribution in [0.2, 0.25) is 0 Å². The summed E-state index contributed by atoms with van der Waals surface area (Å²) in [6, 6.07) is 4.86. The van der Waals surface area contributed by atoms with Gasteiger partial charge in [-0.25, -0.2) is 0 Å². The van der Waals surface area contributed by atoms with Crippen LogP contribution in [0.15, 0.2) is 17.5 Å². The van der Waals surface area contributed by atoms with E-state index in [9.17, 15) is 0 Å². The molecule has 0 bridgehead atoms. The lowest BCUT2D eigenvalue weighted by atomic mass is 10.0. The topological polar surface area (TPSA) is 24.5 Å². The van der Waals surface area contributed by atoms with Crippen LogP contribution in [0.25, 0.3) is 0 Å². The molecule has 1 aromatic heterocycles. The van der Waals surface area contributed by atoms with Gasteiger partial charge in [-0.2, -0.15) is 0 Å². The zero-order chi connectivity index (χ0) is 12.1. The molecule has 0 amide bonds. The van der Waals surface area contributed by atoms with Crippen molar-refractivity contribution in [2.24, 2.45) is 5.92 Å². The highest BCUT2D eigenvalue weighted by Crippen LogP contribution is 2.18. The van der Waals surface area contributed by atoms with Crippen LogP contribution in [0.5, 0.6) is 0 Å². The van der Waals surface area contributed by atoms with Gasteiger partial charge in [-0.05, 0) is 25.0 Å². The maximum atomic E-state index is 5.55. The first kappa shape index (κ1) is 13.0. The zero-order valence-electron chi connectivity index (χ0n) is 10.7. The molecule has 2 rings (SSSR count). The van der Waals surface area contributed by atoms with E-state index >= 15 is 0 Å². The first-order valence-electron chi connectivity index (χ1n) is 6.33. The van der Waals surface area contributed by atoms with Crippen LogP contribution in [0.1, 0.15) is 11.8 Å². The van der Waals surface area contributed by atoms with Crippen molar-refractivity contribution >= 4 is 11.3 Å². The normalized spacial score (nSPS) is 24.6. The molecule has 1 aliphatic rings. The second-order valence-corrected chi connectivity index (χ2v) is 5.63. The number of nitrogens with one attached hydrogen (secondary N) is 1. The molecule has 1 saturated heterocycles.